The molecule has 0 bridgehead atoms. The Morgan fingerprint density at radius 1 is 0.960 bits per heavy atom. The number of rotatable bonds is 18. The number of aliphatic imine (C=N–C) groups is 1. The minimum absolute atomic E-state index is 0.0875. The number of benzene rings is 1. The van der Waals surface area contributed by atoms with E-state index < -0.39 is 16.9 Å². The zero-order chi connectivity index (χ0) is 36.6. The smallest absolute Gasteiger partial charge is 0.242 e. The third-order valence-corrected chi connectivity index (χ3v) is 10.4. The van der Waals surface area contributed by atoms with E-state index in [1.54, 1.807) is 0 Å². The molecule has 12 nitrogen and oxygen atoms in total. The predicted octanol–water partition coefficient (Wildman–Crippen LogP) is 7.18. The molecule has 1 aliphatic heterocycles. The number of fused-ring (bicyclic) bond motifs is 1. The Kier molecular flexibility index (Phi) is 13.4. The molecule has 1 amide bonds. The number of thiophene rings is 1. The lowest BCUT2D eigenvalue weighted by Gasteiger charge is -2.32. The summed E-state index contributed by atoms with van der Waals surface area (Å²) in [6.07, 6.45) is 7.07. The zero-order valence-corrected chi connectivity index (χ0v) is 31.5. The largest absolute Gasteiger partial charge is 0.508 e. The number of aromatic hydroxyl groups is 3. The highest BCUT2D eigenvalue weighted by Gasteiger charge is 2.36. The maximum Gasteiger partial charge on any atom is 0.242 e. The van der Waals surface area contributed by atoms with Crippen LogP contribution in [-0.4, -0.2) is 90.3 Å². The van der Waals surface area contributed by atoms with E-state index in [0.717, 1.165) is 62.6 Å². The van der Waals surface area contributed by atoms with Gasteiger partial charge < -0.3 is 30.2 Å². The number of aliphatic hydroxyl groups is 1. The Hall–Kier alpha value is -3.97. The summed E-state index contributed by atoms with van der Waals surface area (Å²) >= 11 is 1.48. The fourth-order valence-electron chi connectivity index (χ4n) is 6.22. The Labute approximate surface area is 300 Å². The SMILES string of the molecule is CCCCC(CC)CN(CC(CC)CCCO)C(=O)CN(CC)c1ccc(N=C2C(C(C)(C)C)=Nn3c2nnc3-c2cc(O)cc(O)c2O)s1. The maximum atomic E-state index is 14.0. The highest BCUT2D eigenvalue weighted by Crippen LogP contribution is 2.41. The molecule has 2 aromatic heterocycles. The average molecular weight is 710 g/mol. The number of nitrogens with zero attached hydrogens (tertiary/aromatic N) is 7. The third kappa shape index (κ3) is 9.22. The van der Waals surface area contributed by atoms with Crippen molar-refractivity contribution in [3.05, 3.63) is 30.1 Å². The van der Waals surface area contributed by atoms with Crippen LogP contribution in [0.4, 0.5) is 10.0 Å². The fraction of sp³-hybridized carbons (Fsp3) is 0.595. The van der Waals surface area contributed by atoms with Gasteiger partial charge >= 0.3 is 0 Å². The van der Waals surface area contributed by atoms with Gasteiger partial charge in [0.2, 0.25) is 11.7 Å². The van der Waals surface area contributed by atoms with E-state index in [1.165, 1.54) is 22.1 Å². The van der Waals surface area contributed by atoms with Gasteiger partial charge in [0.15, 0.2) is 17.3 Å². The third-order valence-electron chi connectivity index (χ3n) is 9.32. The summed E-state index contributed by atoms with van der Waals surface area (Å²) in [4.78, 5) is 23.2. The number of anilines is 1. The second-order valence-corrected chi connectivity index (χ2v) is 15.2. The number of likely N-dealkylation sites (N-methyl/N-ethyl adjacent to an activating group) is 1. The number of phenolic OH excluding ortho intramolecular Hbond substituents is 3. The molecular formula is C37H55N7O5S. The van der Waals surface area contributed by atoms with E-state index in [9.17, 15) is 25.2 Å². The van der Waals surface area contributed by atoms with Crippen molar-refractivity contribution in [2.24, 2.45) is 27.3 Å². The minimum atomic E-state index is -0.481. The number of unbranched alkanes of at least 4 members (excludes halogenated alkanes) is 1. The summed E-state index contributed by atoms with van der Waals surface area (Å²) in [5.41, 5.74) is 0.863. The number of aliphatic hydroxyl groups excluding tert-OH is 1. The summed E-state index contributed by atoms with van der Waals surface area (Å²) in [6.45, 7) is 17.2. The van der Waals surface area contributed by atoms with Gasteiger partial charge in [0.05, 0.1) is 22.8 Å². The van der Waals surface area contributed by atoms with Gasteiger partial charge in [-0.25, -0.2) is 4.99 Å². The van der Waals surface area contributed by atoms with Gasteiger partial charge in [-0.05, 0) is 56.2 Å². The van der Waals surface area contributed by atoms with Crippen molar-refractivity contribution in [1.29, 1.82) is 0 Å². The molecule has 0 radical (unpaired) electrons. The van der Waals surface area contributed by atoms with Gasteiger partial charge in [-0.3, -0.25) is 4.79 Å². The lowest BCUT2D eigenvalue weighted by atomic mass is 9.87. The highest BCUT2D eigenvalue weighted by molar-refractivity contribution is 7.19. The number of hydrogen-bond donors (Lipinski definition) is 4. The topological polar surface area (TPSA) is 160 Å². The van der Waals surface area contributed by atoms with Gasteiger partial charge in [-0.15, -0.1) is 10.2 Å². The molecular weight excluding hydrogens is 655 g/mol. The summed E-state index contributed by atoms with van der Waals surface area (Å²) in [5.74, 6) is 0.308. The van der Waals surface area contributed by atoms with Crippen LogP contribution in [0.2, 0.25) is 0 Å². The summed E-state index contributed by atoms with van der Waals surface area (Å²) < 4.78 is 1.47. The number of carbonyl (C=O) groups excluding carboxylic acids is 1. The summed E-state index contributed by atoms with van der Waals surface area (Å²) in [6, 6.07) is 6.26. The van der Waals surface area contributed by atoms with E-state index in [-0.39, 0.29) is 36.2 Å². The van der Waals surface area contributed by atoms with Gasteiger partial charge in [0.1, 0.15) is 16.5 Å². The molecule has 0 spiro atoms. The molecule has 2 atom stereocenters. The first kappa shape index (κ1) is 38.8. The van der Waals surface area contributed by atoms with Crippen molar-refractivity contribution in [2.75, 3.05) is 37.7 Å². The molecule has 1 aliphatic rings. The molecule has 0 fully saturated rings. The Morgan fingerprint density at radius 3 is 2.22 bits per heavy atom. The van der Waals surface area contributed by atoms with Gasteiger partial charge in [0.25, 0.3) is 0 Å². The monoisotopic (exact) mass is 709 g/mol. The number of phenols is 3. The van der Waals surface area contributed by atoms with Crippen LogP contribution in [-0.2, 0) is 4.79 Å². The van der Waals surface area contributed by atoms with Crippen LogP contribution in [0.5, 0.6) is 17.2 Å². The Morgan fingerprint density at radius 2 is 1.62 bits per heavy atom. The highest BCUT2D eigenvalue weighted by atomic mass is 32.1. The molecule has 4 rings (SSSR count). The number of carbonyl (C=O) groups is 1. The van der Waals surface area contributed by atoms with Gasteiger partial charge in [-0.2, -0.15) is 9.78 Å². The van der Waals surface area contributed by atoms with E-state index in [1.807, 2.05) is 32.9 Å². The van der Waals surface area contributed by atoms with Gasteiger partial charge in [-0.1, -0.05) is 78.6 Å². The number of hydrogen-bond acceptors (Lipinski definition) is 11. The molecule has 2 unspecified atom stereocenters. The first-order chi connectivity index (χ1) is 23.8. The molecule has 4 N–H and O–H groups in total. The molecule has 50 heavy (non-hydrogen) atoms. The van der Waals surface area contributed by atoms with Crippen LogP contribution < -0.4 is 4.90 Å². The summed E-state index contributed by atoms with van der Waals surface area (Å²) in [7, 11) is 0. The lowest BCUT2D eigenvalue weighted by molar-refractivity contribution is -0.131. The standard InChI is InChI=1S/C37H55N7O5S/c1-8-12-14-24(9-2)21-43(22-25(10-3)15-13-18-45)30(48)23-42(11-4)31-17-16-29(50-31)38-32-34(37(5,6)7)41-44-35(39-40-36(32)44)27-19-26(46)20-28(47)33(27)49/h16-17,19-20,24-25,45-47,49H,8-15,18,21-23H2,1-7H3. The van der Waals surface area contributed by atoms with Crippen molar-refractivity contribution in [3.63, 3.8) is 0 Å². The molecule has 1 aromatic carbocycles. The second-order valence-electron chi connectivity index (χ2n) is 14.2. The van der Waals surface area contributed by atoms with E-state index in [0.29, 0.717) is 47.2 Å². The quantitative estimate of drug-likeness (QED) is 0.0799. The molecule has 0 saturated heterocycles. The van der Waals surface area contributed by atoms with Crippen LogP contribution in [0, 0.1) is 17.3 Å². The van der Waals surface area contributed by atoms with Crippen LogP contribution in [0.1, 0.15) is 99.2 Å². The Balaban J connectivity index is 1.61. The summed E-state index contributed by atoms with van der Waals surface area (Å²) in [5, 5.41) is 55.2. The number of aromatic nitrogens is 3. The predicted molar refractivity (Wildman–Crippen MR) is 201 cm³/mol. The van der Waals surface area contributed by atoms with Crippen molar-refractivity contribution < 1.29 is 25.2 Å². The Bertz CT molecular complexity index is 1640. The number of amides is 1. The van der Waals surface area contributed by atoms with Crippen LogP contribution in [0.25, 0.3) is 11.4 Å². The zero-order valence-electron chi connectivity index (χ0n) is 30.7. The van der Waals surface area contributed by atoms with Crippen molar-refractivity contribution >= 4 is 38.7 Å². The molecule has 3 aromatic rings. The van der Waals surface area contributed by atoms with Crippen molar-refractivity contribution in [1.82, 2.24) is 19.8 Å². The molecule has 13 heteroatoms. The second kappa shape index (κ2) is 17.3. The van der Waals surface area contributed by atoms with E-state index in [2.05, 4.69) is 47.7 Å². The molecule has 0 aliphatic carbocycles. The molecule has 0 saturated carbocycles. The van der Waals surface area contributed by atoms with Crippen molar-refractivity contribution in [3.8, 4) is 28.6 Å². The first-order valence-corrected chi connectivity index (χ1v) is 18.8. The van der Waals surface area contributed by atoms with Crippen LogP contribution in [0.3, 0.4) is 0 Å². The fourth-order valence-corrected chi connectivity index (χ4v) is 7.16. The van der Waals surface area contributed by atoms with E-state index >= 15 is 0 Å². The lowest BCUT2D eigenvalue weighted by Crippen LogP contribution is -2.44. The normalized spacial score (nSPS) is 14.9. The minimum Gasteiger partial charge on any atom is -0.508 e. The first-order valence-electron chi connectivity index (χ1n) is 18.0. The van der Waals surface area contributed by atoms with Crippen LogP contribution >= 0.6 is 11.3 Å². The molecule has 3 heterocycles. The maximum absolute atomic E-state index is 14.0. The van der Waals surface area contributed by atoms with E-state index in [4.69, 9.17) is 10.1 Å². The average Bonchev–Trinajstić information content (AvgIpc) is 3.81. The van der Waals surface area contributed by atoms with Crippen molar-refractivity contribution in [2.45, 2.75) is 93.4 Å². The van der Waals surface area contributed by atoms with Gasteiger partial charge in [0, 0.05) is 37.7 Å². The molecule has 274 valence electrons. The van der Waals surface area contributed by atoms with Crippen LogP contribution in [0.15, 0.2) is 34.4 Å².